The zero-order valence-electron chi connectivity index (χ0n) is 12.1. The number of hydrogen-bond donors (Lipinski definition) is 0. The average Bonchev–Trinajstić information content (AvgIpc) is 2.80. The van der Waals surface area contributed by atoms with Gasteiger partial charge in [0, 0.05) is 16.8 Å². The molecule has 0 unspecified atom stereocenters. The Labute approximate surface area is 107 Å². The van der Waals surface area contributed by atoms with Crippen LogP contribution in [0.3, 0.4) is 0 Å². The second kappa shape index (κ2) is 6.18. The Bertz CT molecular complexity index is 328. The van der Waals surface area contributed by atoms with Gasteiger partial charge in [-0.05, 0) is 50.8 Å². The molecule has 1 aromatic rings. The lowest BCUT2D eigenvalue weighted by Crippen LogP contribution is -2.22. The molecular weight excluding hydrogens is 206 g/mol. The minimum Gasteiger partial charge on any atom is -0.258 e. The summed E-state index contributed by atoms with van der Waals surface area (Å²) in [6.45, 7) is 10.6. The van der Waals surface area contributed by atoms with E-state index >= 15 is 0 Å². The van der Waals surface area contributed by atoms with Crippen LogP contribution in [0.25, 0.3) is 0 Å². The van der Waals surface area contributed by atoms with Crippen molar-refractivity contribution >= 4 is 0 Å². The minimum atomic E-state index is 0.400. The largest absolute Gasteiger partial charge is 0.258 e. The molecule has 0 atom stereocenters. The topological polar surface area (TPSA) is 12.9 Å². The Balaban J connectivity index is 0.000000686. The zero-order valence-corrected chi connectivity index (χ0v) is 12.1. The third-order valence-electron chi connectivity index (χ3n) is 3.88. The van der Waals surface area contributed by atoms with E-state index in [0.717, 1.165) is 0 Å². The molecule has 1 heterocycles. The molecule has 1 aromatic heterocycles. The van der Waals surface area contributed by atoms with Gasteiger partial charge in [0.15, 0.2) is 0 Å². The normalized spacial score (nSPS) is 17.5. The van der Waals surface area contributed by atoms with Crippen LogP contribution in [0.4, 0.5) is 0 Å². The standard InChI is InChI=1S/C14H21N.C2H6/c1-4-14(7-5-6-8-14)13-10-11(2)9-12(3)15-13;1-2/h9-10H,4-8H2,1-3H3;1-2H3. The summed E-state index contributed by atoms with van der Waals surface area (Å²) < 4.78 is 0. The monoisotopic (exact) mass is 233 g/mol. The molecule has 17 heavy (non-hydrogen) atoms. The first-order chi connectivity index (χ1) is 8.16. The molecule has 0 aliphatic heterocycles. The van der Waals surface area contributed by atoms with E-state index < -0.39 is 0 Å². The molecule has 96 valence electrons. The summed E-state index contributed by atoms with van der Waals surface area (Å²) in [4.78, 5) is 4.76. The molecule has 1 fully saturated rings. The van der Waals surface area contributed by atoms with Crippen LogP contribution in [0.5, 0.6) is 0 Å². The highest BCUT2D eigenvalue weighted by molar-refractivity contribution is 5.26. The van der Waals surface area contributed by atoms with E-state index in [1.165, 1.54) is 49.1 Å². The van der Waals surface area contributed by atoms with Crippen molar-refractivity contribution in [2.24, 2.45) is 0 Å². The van der Waals surface area contributed by atoms with Crippen molar-refractivity contribution in [2.75, 3.05) is 0 Å². The van der Waals surface area contributed by atoms with Crippen LogP contribution in [-0.2, 0) is 5.41 Å². The molecule has 2 rings (SSSR count). The fourth-order valence-electron chi connectivity index (χ4n) is 2.96. The maximum atomic E-state index is 4.76. The number of rotatable bonds is 2. The predicted molar refractivity (Wildman–Crippen MR) is 75.5 cm³/mol. The SMILES string of the molecule is CC.CCC1(c2cc(C)cc(C)n2)CCCC1. The van der Waals surface area contributed by atoms with Crippen molar-refractivity contribution in [3.8, 4) is 0 Å². The fourth-order valence-corrected chi connectivity index (χ4v) is 2.96. The Morgan fingerprint density at radius 1 is 1.12 bits per heavy atom. The molecule has 0 N–H and O–H groups in total. The highest BCUT2D eigenvalue weighted by Crippen LogP contribution is 2.42. The zero-order chi connectivity index (χ0) is 12.9. The number of aryl methyl sites for hydroxylation is 2. The minimum absolute atomic E-state index is 0.400. The summed E-state index contributed by atoms with van der Waals surface area (Å²) in [5.41, 5.74) is 4.28. The van der Waals surface area contributed by atoms with E-state index in [4.69, 9.17) is 4.98 Å². The van der Waals surface area contributed by atoms with Gasteiger partial charge >= 0.3 is 0 Å². The predicted octanol–water partition coefficient (Wildman–Crippen LogP) is 4.95. The van der Waals surface area contributed by atoms with Crippen molar-refractivity contribution in [3.05, 3.63) is 29.1 Å². The summed E-state index contributed by atoms with van der Waals surface area (Å²) >= 11 is 0. The molecule has 1 aliphatic carbocycles. The van der Waals surface area contributed by atoms with E-state index in [0.29, 0.717) is 5.41 Å². The Morgan fingerprint density at radius 2 is 1.71 bits per heavy atom. The highest BCUT2D eigenvalue weighted by Gasteiger charge is 2.35. The van der Waals surface area contributed by atoms with Gasteiger partial charge in [0.05, 0.1) is 0 Å². The van der Waals surface area contributed by atoms with Crippen molar-refractivity contribution in [1.29, 1.82) is 0 Å². The van der Waals surface area contributed by atoms with E-state index in [1.54, 1.807) is 0 Å². The lowest BCUT2D eigenvalue weighted by atomic mass is 9.79. The first-order valence-electron chi connectivity index (χ1n) is 7.12. The van der Waals surface area contributed by atoms with E-state index in [1.807, 2.05) is 13.8 Å². The molecule has 0 amide bonds. The molecule has 1 aliphatic rings. The Hall–Kier alpha value is -0.850. The van der Waals surface area contributed by atoms with Crippen LogP contribution < -0.4 is 0 Å². The van der Waals surface area contributed by atoms with E-state index in [9.17, 15) is 0 Å². The van der Waals surface area contributed by atoms with Crippen LogP contribution in [0.2, 0.25) is 0 Å². The third kappa shape index (κ3) is 3.08. The smallest absolute Gasteiger partial charge is 0.0471 e. The maximum Gasteiger partial charge on any atom is 0.0471 e. The fraction of sp³-hybridized carbons (Fsp3) is 0.688. The van der Waals surface area contributed by atoms with Gasteiger partial charge in [-0.2, -0.15) is 0 Å². The van der Waals surface area contributed by atoms with Crippen molar-refractivity contribution in [3.63, 3.8) is 0 Å². The molecule has 0 spiro atoms. The lowest BCUT2D eigenvalue weighted by molar-refractivity contribution is 0.411. The van der Waals surface area contributed by atoms with Gasteiger partial charge in [0.2, 0.25) is 0 Å². The van der Waals surface area contributed by atoms with Crippen LogP contribution in [0.1, 0.15) is 69.8 Å². The van der Waals surface area contributed by atoms with E-state index in [-0.39, 0.29) is 0 Å². The van der Waals surface area contributed by atoms with Crippen molar-refractivity contribution < 1.29 is 0 Å². The molecule has 0 radical (unpaired) electrons. The number of nitrogens with zero attached hydrogens (tertiary/aromatic N) is 1. The van der Waals surface area contributed by atoms with Gasteiger partial charge in [-0.15, -0.1) is 0 Å². The van der Waals surface area contributed by atoms with Crippen LogP contribution in [0, 0.1) is 13.8 Å². The third-order valence-corrected chi connectivity index (χ3v) is 3.88. The summed E-state index contributed by atoms with van der Waals surface area (Å²) in [5.74, 6) is 0. The molecule has 0 aromatic carbocycles. The number of aromatic nitrogens is 1. The molecule has 1 nitrogen and oxygen atoms in total. The van der Waals surface area contributed by atoms with Gasteiger partial charge in [0.25, 0.3) is 0 Å². The van der Waals surface area contributed by atoms with Crippen LogP contribution >= 0.6 is 0 Å². The lowest BCUT2D eigenvalue weighted by Gasteiger charge is -2.27. The Morgan fingerprint density at radius 3 is 2.18 bits per heavy atom. The Kier molecular flexibility index (Phi) is 5.17. The van der Waals surface area contributed by atoms with E-state index in [2.05, 4.69) is 32.9 Å². The maximum absolute atomic E-state index is 4.76. The molecule has 0 bridgehead atoms. The molecule has 0 saturated heterocycles. The van der Waals surface area contributed by atoms with Gasteiger partial charge in [-0.25, -0.2) is 0 Å². The molecular formula is C16H27N. The summed E-state index contributed by atoms with van der Waals surface area (Å²) in [5, 5.41) is 0. The van der Waals surface area contributed by atoms with Crippen molar-refractivity contribution in [2.45, 2.75) is 72.1 Å². The van der Waals surface area contributed by atoms with Gasteiger partial charge in [-0.1, -0.05) is 33.6 Å². The number of pyridine rings is 1. The van der Waals surface area contributed by atoms with Crippen molar-refractivity contribution in [1.82, 2.24) is 4.98 Å². The van der Waals surface area contributed by atoms with Gasteiger partial charge in [0.1, 0.15) is 0 Å². The second-order valence-electron chi connectivity index (χ2n) is 5.01. The first kappa shape index (κ1) is 14.2. The van der Waals surface area contributed by atoms with Gasteiger partial charge < -0.3 is 0 Å². The summed E-state index contributed by atoms with van der Waals surface area (Å²) in [6.07, 6.45) is 6.66. The van der Waals surface area contributed by atoms with Crippen LogP contribution in [0.15, 0.2) is 12.1 Å². The highest BCUT2D eigenvalue weighted by atomic mass is 14.7. The first-order valence-corrected chi connectivity index (χ1v) is 7.12. The van der Waals surface area contributed by atoms with Gasteiger partial charge in [-0.3, -0.25) is 4.98 Å². The van der Waals surface area contributed by atoms with Crippen LogP contribution in [-0.4, -0.2) is 4.98 Å². The molecule has 1 saturated carbocycles. The average molecular weight is 233 g/mol. The molecule has 1 heteroatoms. The quantitative estimate of drug-likeness (QED) is 0.704. The summed E-state index contributed by atoms with van der Waals surface area (Å²) in [6, 6.07) is 4.46. The second-order valence-corrected chi connectivity index (χ2v) is 5.01. The number of hydrogen-bond acceptors (Lipinski definition) is 1. The summed E-state index contributed by atoms with van der Waals surface area (Å²) in [7, 11) is 0.